The van der Waals surface area contributed by atoms with Gasteiger partial charge in [0.15, 0.2) is 0 Å². The summed E-state index contributed by atoms with van der Waals surface area (Å²) in [6, 6.07) is 15.9. The molecule has 0 saturated carbocycles. The molecule has 0 saturated heterocycles. The van der Waals surface area contributed by atoms with E-state index in [0.29, 0.717) is 0 Å². The maximum Gasteiger partial charge on any atom is 0.0487 e. The minimum absolute atomic E-state index is 0.768. The number of anilines is 1. The Morgan fingerprint density at radius 1 is 1.00 bits per heavy atom. The van der Waals surface area contributed by atoms with Crippen molar-refractivity contribution in [2.75, 3.05) is 5.32 Å². The van der Waals surface area contributed by atoms with E-state index in [9.17, 15) is 0 Å². The van der Waals surface area contributed by atoms with Crippen molar-refractivity contribution < 1.29 is 0 Å². The molecule has 0 aliphatic rings. The van der Waals surface area contributed by atoms with E-state index in [-0.39, 0.29) is 0 Å². The standard InChI is InChI=1S/C13H11BrClN/c14-12-3-1-2-4-13(12)16-9-10-5-7-11(15)8-6-10/h1-8,16H,9H2. The quantitative estimate of drug-likeness (QED) is 0.864. The zero-order chi connectivity index (χ0) is 11.4. The number of hydrogen-bond donors (Lipinski definition) is 1. The summed E-state index contributed by atoms with van der Waals surface area (Å²) in [7, 11) is 0. The summed E-state index contributed by atoms with van der Waals surface area (Å²) < 4.78 is 1.07. The summed E-state index contributed by atoms with van der Waals surface area (Å²) in [6.07, 6.45) is 0. The maximum absolute atomic E-state index is 5.83. The summed E-state index contributed by atoms with van der Waals surface area (Å²) in [4.78, 5) is 0. The molecule has 0 atom stereocenters. The summed E-state index contributed by atoms with van der Waals surface area (Å²) in [5.41, 5.74) is 2.30. The summed E-state index contributed by atoms with van der Waals surface area (Å²) in [5.74, 6) is 0. The zero-order valence-corrected chi connectivity index (χ0v) is 10.9. The molecule has 0 spiro atoms. The van der Waals surface area contributed by atoms with Crippen LogP contribution in [-0.4, -0.2) is 0 Å². The van der Waals surface area contributed by atoms with Gasteiger partial charge in [0, 0.05) is 21.7 Å². The monoisotopic (exact) mass is 295 g/mol. The number of rotatable bonds is 3. The van der Waals surface area contributed by atoms with Gasteiger partial charge >= 0.3 is 0 Å². The number of para-hydroxylation sites is 1. The van der Waals surface area contributed by atoms with E-state index in [4.69, 9.17) is 11.6 Å². The first-order valence-electron chi connectivity index (χ1n) is 4.98. The van der Waals surface area contributed by atoms with E-state index in [1.807, 2.05) is 48.5 Å². The van der Waals surface area contributed by atoms with Gasteiger partial charge in [-0.15, -0.1) is 0 Å². The third kappa shape index (κ3) is 3.00. The van der Waals surface area contributed by atoms with Gasteiger partial charge in [0.05, 0.1) is 0 Å². The minimum atomic E-state index is 0.768. The molecular weight excluding hydrogens is 286 g/mol. The first kappa shape index (κ1) is 11.5. The third-order valence-electron chi connectivity index (χ3n) is 2.27. The minimum Gasteiger partial charge on any atom is -0.380 e. The fraction of sp³-hybridized carbons (Fsp3) is 0.0769. The second-order valence-electron chi connectivity index (χ2n) is 3.46. The Morgan fingerprint density at radius 3 is 2.38 bits per heavy atom. The fourth-order valence-corrected chi connectivity index (χ4v) is 1.96. The van der Waals surface area contributed by atoms with Gasteiger partial charge in [0.1, 0.15) is 0 Å². The predicted octanol–water partition coefficient (Wildman–Crippen LogP) is 4.71. The molecule has 16 heavy (non-hydrogen) atoms. The van der Waals surface area contributed by atoms with Crippen molar-refractivity contribution in [1.82, 2.24) is 0 Å². The van der Waals surface area contributed by atoms with Gasteiger partial charge < -0.3 is 5.32 Å². The van der Waals surface area contributed by atoms with Crippen molar-refractivity contribution in [2.45, 2.75) is 6.54 Å². The van der Waals surface area contributed by atoms with Crippen LogP contribution in [0, 0.1) is 0 Å². The number of hydrogen-bond acceptors (Lipinski definition) is 1. The van der Waals surface area contributed by atoms with Crippen molar-refractivity contribution in [3.05, 3.63) is 63.6 Å². The maximum atomic E-state index is 5.83. The Bertz CT molecular complexity index is 468. The summed E-state index contributed by atoms with van der Waals surface area (Å²) in [6.45, 7) is 0.791. The predicted molar refractivity (Wildman–Crippen MR) is 72.9 cm³/mol. The first-order valence-corrected chi connectivity index (χ1v) is 6.15. The molecule has 0 aliphatic heterocycles. The van der Waals surface area contributed by atoms with Crippen molar-refractivity contribution in [3.63, 3.8) is 0 Å². The lowest BCUT2D eigenvalue weighted by Gasteiger charge is -2.08. The van der Waals surface area contributed by atoms with Crippen molar-refractivity contribution in [3.8, 4) is 0 Å². The van der Waals surface area contributed by atoms with Gasteiger partial charge in [-0.2, -0.15) is 0 Å². The third-order valence-corrected chi connectivity index (χ3v) is 3.21. The highest BCUT2D eigenvalue weighted by atomic mass is 79.9. The molecule has 1 N–H and O–H groups in total. The van der Waals surface area contributed by atoms with Crippen LogP contribution < -0.4 is 5.32 Å². The Hall–Kier alpha value is -0.990. The van der Waals surface area contributed by atoms with Crippen molar-refractivity contribution in [1.29, 1.82) is 0 Å². The molecule has 3 heteroatoms. The molecule has 82 valence electrons. The van der Waals surface area contributed by atoms with Gasteiger partial charge in [-0.05, 0) is 45.8 Å². The largest absolute Gasteiger partial charge is 0.380 e. The molecule has 0 fully saturated rings. The Labute approximate surface area is 109 Å². The van der Waals surface area contributed by atoms with Crippen LogP contribution >= 0.6 is 27.5 Å². The normalized spacial score (nSPS) is 10.1. The van der Waals surface area contributed by atoms with E-state index >= 15 is 0 Å². The van der Waals surface area contributed by atoms with Gasteiger partial charge in [0.25, 0.3) is 0 Å². The van der Waals surface area contributed by atoms with Crippen LogP contribution in [0.25, 0.3) is 0 Å². The highest BCUT2D eigenvalue weighted by Crippen LogP contribution is 2.22. The van der Waals surface area contributed by atoms with Crippen LogP contribution in [0.4, 0.5) is 5.69 Å². The second kappa shape index (κ2) is 5.37. The molecule has 2 aromatic carbocycles. The van der Waals surface area contributed by atoms with E-state index in [1.165, 1.54) is 5.56 Å². The molecule has 0 aliphatic carbocycles. The van der Waals surface area contributed by atoms with Gasteiger partial charge in [0.2, 0.25) is 0 Å². The van der Waals surface area contributed by atoms with E-state index in [1.54, 1.807) is 0 Å². The lowest BCUT2D eigenvalue weighted by molar-refractivity contribution is 1.15. The topological polar surface area (TPSA) is 12.0 Å². The van der Waals surface area contributed by atoms with Gasteiger partial charge in [-0.1, -0.05) is 35.9 Å². The SMILES string of the molecule is Clc1ccc(CNc2ccccc2Br)cc1. The molecule has 1 nitrogen and oxygen atoms in total. The van der Waals surface area contributed by atoms with Crippen LogP contribution in [0.15, 0.2) is 53.0 Å². The van der Waals surface area contributed by atoms with Crippen molar-refractivity contribution >= 4 is 33.2 Å². The highest BCUT2D eigenvalue weighted by molar-refractivity contribution is 9.10. The first-order chi connectivity index (χ1) is 7.75. The molecule has 0 bridgehead atoms. The highest BCUT2D eigenvalue weighted by Gasteiger charge is 1.97. The smallest absolute Gasteiger partial charge is 0.0487 e. The van der Waals surface area contributed by atoms with E-state index in [2.05, 4.69) is 21.2 Å². The Kier molecular flexibility index (Phi) is 3.86. The molecule has 0 heterocycles. The number of nitrogens with one attached hydrogen (secondary N) is 1. The molecule has 0 unspecified atom stereocenters. The second-order valence-corrected chi connectivity index (χ2v) is 4.75. The molecule has 2 rings (SSSR count). The van der Waals surface area contributed by atoms with Crippen LogP contribution in [0.5, 0.6) is 0 Å². The Morgan fingerprint density at radius 2 is 1.69 bits per heavy atom. The van der Waals surface area contributed by atoms with E-state index < -0.39 is 0 Å². The zero-order valence-electron chi connectivity index (χ0n) is 8.58. The molecular formula is C13H11BrClN. The molecule has 0 radical (unpaired) electrons. The average molecular weight is 297 g/mol. The van der Waals surface area contributed by atoms with E-state index in [0.717, 1.165) is 21.7 Å². The van der Waals surface area contributed by atoms with Crippen LogP contribution in [0.3, 0.4) is 0 Å². The van der Waals surface area contributed by atoms with Crippen LogP contribution in [0.1, 0.15) is 5.56 Å². The Balaban J connectivity index is 2.02. The number of halogens is 2. The number of benzene rings is 2. The van der Waals surface area contributed by atoms with Gasteiger partial charge in [-0.3, -0.25) is 0 Å². The van der Waals surface area contributed by atoms with Crippen molar-refractivity contribution in [2.24, 2.45) is 0 Å². The molecule has 0 amide bonds. The fourth-order valence-electron chi connectivity index (χ4n) is 1.40. The van der Waals surface area contributed by atoms with Gasteiger partial charge in [-0.25, -0.2) is 0 Å². The lowest BCUT2D eigenvalue weighted by Crippen LogP contribution is -1.99. The molecule has 0 aromatic heterocycles. The average Bonchev–Trinajstić information content (AvgIpc) is 2.30. The summed E-state index contributed by atoms with van der Waals surface area (Å²) in [5, 5.41) is 4.13. The lowest BCUT2D eigenvalue weighted by atomic mass is 10.2. The van der Waals surface area contributed by atoms with Crippen LogP contribution in [-0.2, 0) is 6.54 Å². The summed E-state index contributed by atoms with van der Waals surface area (Å²) >= 11 is 9.32. The molecule has 2 aromatic rings. The van der Waals surface area contributed by atoms with Crippen LogP contribution in [0.2, 0.25) is 5.02 Å².